The first-order valence-corrected chi connectivity index (χ1v) is 8.05. The van der Waals surface area contributed by atoms with Gasteiger partial charge < -0.3 is 10.1 Å². The van der Waals surface area contributed by atoms with Crippen molar-refractivity contribution in [1.29, 1.82) is 0 Å². The van der Waals surface area contributed by atoms with Crippen LogP contribution >= 0.6 is 11.8 Å². The van der Waals surface area contributed by atoms with Crippen molar-refractivity contribution in [3.05, 3.63) is 29.8 Å². The fourth-order valence-corrected chi connectivity index (χ4v) is 4.05. The Hall–Kier alpha value is -0.670. The summed E-state index contributed by atoms with van der Waals surface area (Å²) < 4.78 is 5.78. The third-order valence-corrected chi connectivity index (χ3v) is 5.21. The van der Waals surface area contributed by atoms with Crippen molar-refractivity contribution in [3.63, 3.8) is 0 Å². The molecule has 2 aliphatic rings. The zero-order valence-electron chi connectivity index (χ0n) is 10.9. The summed E-state index contributed by atoms with van der Waals surface area (Å²) in [5.41, 5.74) is 1.38. The molecule has 2 heterocycles. The topological polar surface area (TPSA) is 21.3 Å². The Kier molecular flexibility index (Phi) is 3.80. The minimum Gasteiger partial charge on any atom is -0.493 e. The van der Waals surface area contributed by atoms with Crippen LogP contribution in [0.1, 0.15) is 31.2 Å². The van der Waals surface area contributed by atoms with Gasteiger partial charge in [-0.15, -0.1) is 0 Å². The molecular formula is C15H21NOS. The lowest BCUT2D eigenvalue weighted by Crippen LogP contribution is -2.43. The van der Waals surface area contributed by atoms with E-state index in [1.165, 1.54) is 29.9 Å². The van der Waals surface area contributed by atoms with E-state index in [1.807, 2.05) is 0 Å². The van der Waals surface area contributed by atoms with Crippen molar-refractivity contribution in [3.8, 4) is 5.75 Å². The third-order valence-electron chi connectivity index (χ3n) is 4.00. The Morgan fingerprint density at radius 3 is 3.11 bits per heavy atom. The number of rotatable bonds is 3. The maximum absolute atomic E-state index is 5.78. The number of hydrogen-bond donors (Lipinski definition) is 1. The molecule has 1 saturated heterocycles. The largest absolute Gasteiger partial charge is 0.493 e. The van der Waals surface area contributed by atoms with Gasteiger partial charge in [0, 0.05) is 29.3 Å². The number of benzene rings is 1. The molecule has 18 heavy (non-hydrogen) atoms. The normalized spacial score (nSPS) is 28.5. The van der Waals surface area contributed by atoms with Gasteiger partial charge in [0.05, 0.1) is 6.61 Å². The summed E-state index contributed by atoms with van der Waals surface area (Å²) in [6, 6.07) is 9.64. The van der Waals surface area contributed by atoms with Gasteiger partial charge in [-0.3, -0.25) is 0 Å². The lowest BCUT2D eigenvalue weighted by atomic mass is 9.93. The quantitative estimate of drug-likeness (QED) is 0.905. The molecule has 1 aromatic rings. The van der Waals surface area contributed by atoms with E-state index in [4.69, 9.17) is 4.74 Å². The van der Waals surface area contributed by atoms with E-state index >= 15 is 0 Å². The Balaban J connectivity index is 1.64. The monoisotopic (exact) mass is 263 g/mol. The summed E-state index contributed by atoms with van der Waals surface area (Å²) in [6.07, 6.45) is 2.68. The highest BCUT2D eigenvalue weighted by atomic mass is 32.2. The van der Waals surface area contributed by atoms with Crippen LogP contribution in [0.15, 0.2) is 24.3 Å². The number of nitrogens with one attached hydrogen (secondary N) is 1. The van der Waals surface area contributed by atoms with Gasteiger partial charge in [-0.1, -0.05) is 18.2 Å². The molecule has 3 atom stereocenters. The van der Waals surface area contributed by atoms with Gasteiger partial charge in [0.2, 0.25) is 0 Å². The van der Waals surface area contributed by atoms with Crippen molar-refractivity contribution in [1.82, 2.24) is 5.32 Å². The van der Waals surface area contributed by atoms with E-state index in [0.717, 1.165) is 12.4 Å². The molecule has 0 spiro atoms. The van der Waals surface area contributed by atoms with Crippen LogP contribution in [0, 0.1) is 0 Å². The van der Waals surface area contributed by atoms with E-state index in [2.05, 4.69) is 48.3 Å². The average molecular weight is 263 g/mol. The number of hydrogen-bond acceptors (Lipinski definition) is 3. The minimum absolute atomic E-state index is 0.498. The summed E-state index contributed by atoms with van der Waals surface area (Å²) >= 11 is 2.08. The fraction of sp³-hybridized carbons (Fsp3) is 0.600. The first kappa shape index (κ1) is 12.4. The maximum atomic E-state index is 5.78. The number of fused-ring (bicyclic) bond motifs is 1. The Bertz CT molecular complexity index is 403. The first-order chi connectivity index (χ1) is 8.84. The lowest BCUT2D eigenvalue weighted by molar-refractivity contribution is 0.294. The molecule has 3 rings (SSSR count). The Morgan fingerprint density at radius 1 is 1.39 bits per heavy atom. The van der Waals surface area contributed by atoms with Crippen molar-refractivity contribution in [2.45, 2.75) is 37.8 Å². The molecule has 98 valence electrons. The lowest BCUT2D eigenvalue weighted by Gasteiger charge is -2.29. The molecule has 0 amide bonds. The van der Waals surface area contributed by atoms with E-state index in [0.29, 0.717) is 18.0 Å². The molecule has 0 saturated carbocycles. The summed E-state index contributed by atoms with van der Waals surface area (Å²) in [5, 5.41) is 3.80. The van der Waals surface area contributed by atoms with Gasteiger partial charge >= 0.3 is 0 Å². The van der Waals surface area contributed by atoms with Crippen LogP contribution in [0.5, 0.6) is 5.75 Å². The molecular weight excluding hydrogens is 242 g/mol. The molecule has 0 aromatic heterocycles. The Morgan fingerprint density at radius 2 is 2.28 bits per heavy atom. The maximum Gasteiger partial charge on any atom is 0.122 e. The zero-order chi connectivity index (χ0) is 12.4. The van der Waals surface area contributed by atoms with Crippen LogP contribution in [0.25, 0.3) is 0 Å². The molecule has 0 unspecified atom stereocenters. The van der Waals surface area contributed by atoms with E-state index in [1.54, 1.807) is 0 Å². The van der Waals surface area contributed by atoms with Gasteiger partial charge in [-0.25, -0.2) is 0 Å². The summed E-state index contributed by atoms with van der Waals surface area (Å²) in [4.78, 5) is 0. The minimum atomic E-state index is 0.498. The molecule has 0 radical (unpaired) electrons. The highest BCUT2D eigenvalue weighted by molar-refractivity contribution is 7.99. The van der Waals surface area contributed by atoms with Crippen LogP contribution < -0.4 is 10.1 Å². The first-order valence-electron chi connectivity index (χ1n) is 6.90. The predicted molar refractivity (Wildman–Crippen MR) is 77.6 cm³/mol. The number of para-hydroxylation sites is 1. The van der Waals surface area contributed by atoms with Crippen LogP contribution in [-0.2, 0) is 0 Å². The molecule has 1 aromatic carbocycles. The summed E-state index contributed by atoms with van der Waals surface area (Å²) in [6.45, 7) is 3.13. The third kappa shape index (κ3) is 2.52. The van der Waals surface area contributed by atoms with Crippen molar-refractivity contribution in [2.75, 3.05) is 18.1 Å². The summed E-state index contributed by atoms with van der Waals surface area (Å²) in [7, 11) is 0. The van der Waals surface area contributed by atoms with E-state index < -0.39 is 0 Å². The predicted octanol–water partition coefficient (Wildman–Crippen LogP) is 3.04. The van der Waals surface area contributed by atoms with Crippen LogP contribution in [0.3, 0.4) is 0 Å². The van der Waals surface area contributed by atoms with Crippen molar-refractivity contribution in [2.24, 2.45) is 0 Å². The molecule has 0 aliphatic carbocycles. The van der Waals surface area contributed by atoms with Crippen LogP contribution in [0.2, 0.25) is 0 Å². The van der Waals surface area contributed by atoms with Gasteiger partial charge in [0.1, 0.15) is 5.75 Å². The second kappa shape index (κ2) is 5.54. The second-order valence-corrected chi connectivity index (χ2v) is 6.47. The zero-order valence-corrected chi connectivity index (χ0v) is 11.7. The summed E-state index contributed by atoms with van der Waals surface area (Å²) in [5.74, 6) is 4.18. The Labute approximate surface area is 113 Å². The highest BCUT2D eigenvalue weighted by Gasteiger charge is 2.30. The standard InChI is InChI=1S/C15H21NOS/c1-11(16-12-5-4-8-18-10-12)14-9-17-15-7-3-2-6-13(14)15/h2-3,6-7,11-12,14,16H,4-5,8-10H2,1H3/t11-,12+,14+/m0/s1. The molecule has 2 nitrogen and oxygen atoms in total. The van der Waals surface area contributed by atoms with E-state index in [-0.39, 0.29) is 0 Å². The highest BCUT2D eigenvalue weighted by Crippen LogP contribution is 2.35. The fourth-order valence-electron chi connectivity index (χ4n) is 2.96. The molecule has 0 bridgehead atoms. The van der Waals surface area contributed by atoms with Crippen LogP contribution in [0.4, 0.5) is 0 Å². The van der Waals surface area contributed by atoms with Crippen molar-refractivity contribution >= 4 is 11.8 Å². The van der Waals surface area contributed by atoms with Gasteiger partial charge in [-0.2, -0.15) is 11.8 Å². The smallest absolute Gasteiger partial charge is 0.122 e. The van der Waals surface area contributed by atoms with Gasteiger partial charge in [0.15, 0.2) is 0 Å². The molecule has 1 fully saturated rings. The van der Waals surface area contributed by atoms with E-state index in [9.17, 15) is 0 Å². The SMILES string of the molecule is C[C@H](N[C@@H]1CCCSC1)[C@H]1COc2ccccc21. The average Bonchev–Trinajstić information content (AvgIpc) is 2.84. The number of ether oxygens (including phenoxy) is 1. The number of thioether (sulfide) groups is 1. The second-order valence-electron chi connectivity index (χ2n) is 5.32. The van der Waals surface area contributed by atoms with Crippen LogP contribution in [-0.4, -0.2) is 30.2 Å². The molecule has 3 heteroatoms. The molecule has 1 N–H and O–H groups in total. The van der Waals surface area contributed by atoms with Gasteiger partial charge in [0.25, 0.3) is 0 Å². The van der Waals surface area contributed by atoms with Crippen molar-refractivity contribution < 1.29 is 4.74 Å². The van der Waals surface area contributed by atoms with Gasteiger partial charge in [-0.05, 0) is 31.6 Å². The molecule has 2 aliphatic heterocycles.